The lowest BCUT2D eigenvalue weighted by Gasteiger charge is -2.17. The molecule has 0 atom stereocenters. The van der Waals surface area contributed by atoms with Gasteiger partial charge in [0.15, 0.2) is 0 Å². The third kappa shape index (κ3) is 3.91. The lowest BCUT2D eigenvalue weighted by molar-refractivity contribution is 0.175. The first-order valence-electron chi connectivity index (χ1n) is 6.87. The second-order valence-electron chi connectivity index (χ2n) is 4.92. The van der Waals surface area contributed by atoms with Crippen LogP contribution in [0.3, 0.4) is 0 Å². The molecule has 0 unspecified atom stereocenters. The van der Waals surface area contributed by atoms with Crippen molar-refractivity contribution in [2.24, 2.45) is 0 Å². The van der Waals surface area contributed by atoms with Crippen molar-refractivity contribution >= 4 is 40.8 Å². The first kappa shape index (κ1) is 15.2. The number of halogens is 2. The minimum absolute atomic E-state index is 0.463. The van der Waals surface area contributed by atoms with E-state index in [1.807, 2.05) is 24.3 Å². The smallest absolute Gasteiger partial charge is 0.126 e. The van der Waals surface area contributed by atoms with Crippen molar-refractivity contribution in [1.29, 1.82) is 0 Å². The number of ether oxygens (including phenoxy) is 1. The average molecular weight is 336 g/mol. The normalized spacial score (nSPS) is 16.5. The third-order valence-corrected chi connectivity index (χ3v) is 3.71. The number of hydrogen-bond donors (Lipinski definition) is 2. The second kappa shape index (κ2) is 7.01. The number of rotatable bonds is 3. The van der Waals surface area contributed by atoms with E-state index in [0.29, 0.717) is 29.9 Å². The Kier molecular flexibility index (Phi) is 4.83. The Morgan fingerprint density at radius 2 is 2.05 bits per heavy atom. The molecule has 114 valence electrons. The molecule has 2 aromatic rings. The van der Waals surface area contributed by atoms with E-state index >= 15 is 0 Å². The minimum atomic E-state index is 0.463. The van der Waals surface area contributed by atoms with E-state index in [2.05, 4.69) is 21.7 Å². The number of nitrogens with zero attached hydrogens (tertiary/aromatic N) is 1. The van der Waals surface area contributed by atoms with Gasteiger partial charge < -0.3 is 15.4 Å². The molecule has 1 aromatic heterocycles. The van der Waals surface area contributed by atoms with Crippen molar-refractivity contribution in [1.82, 2.24) is 4.98 Å². The van der Waals surface area contributed by atoms with E-state index in [0.717, 1.165) is 22.6 Å². The average Bonchev–Trinajstić information content (AvgIpc) is 2.49. The van der Waals surface area contributed by atoms with Crippen LogP contribution in [0.25, 0.3) is 6.08 Å². The maximum absolute atomic E-state index is 6.08. The zero-order valence-corrected chi connectivity index (χ0v) is 13.3. The van der Waals surface area contributed by atoms with Crippen LogP contribution in [0.15, 0.2) is 42.1 Å². The maximum atomic E-state index is 6.08. The topological polar surface area (TPSA) is 46.2 Å². The van der Waals surface area contributed by atoms with Crippen molar-refractivity contribution in [3.63, 3.8) is 0 Å². The monoisotopic (exact) mass is 335 g/mol. The van der Waals surface area contributed by atoms with Gasteiger partial charge in [0, 0.05) is 23.5 Å². The van der Waals surface area contributed by atoms with Crippen molar-refractivity contribution in [3.8, 4) is 0 Å². The van der Waals surface area contributed by atoms with E-state index in [-0.39, 0.29) is 0 Å². The van der Waals surface area contributed by atoms with Gasteiger partial charge in [-0.25, -0.2) is 4.98 Å². The second-order valence-corrected chi connectivity index (χ2v) is 5.79. The molecule has 0 spiro atoms. The summed E-state index contributed by atoms with van der Waals surface area (Å²) in [5, 5.41) is 7.82. The van der Waals surface area contributed by atoms with Crippen LogP contribution in [0.4, 0.5) is 11.5 Å². The van der Waals surface area contributed by atoms with Crippen LogP contribution in [-0.4, -0.2) is 24.9 Å². The van der Waals surface area contributed by atoms with E-state index in [1.54, 1.807) is 12.3 Å². The molecule has 2 N–H and O–H groups in total. The Hall–Kier alpha value is -1.75. The number of pyridine rings is 1. The van der Waals surface area contributed by atoms with Crippen molar-refractivity contribution in [3.05, 3.63) is 57.7 Å². The molecular formula is C16H15Cl2N3O. The Balaban J connectivity index is 1.77. The Bertz CT molecular complexity index is 686. The summed E-state index contributed by atoms with van der Waals surface area (Å²) in [5.74, 6) is 0.775. The highest BCUT2D eigenvalue weighted by Gasteiger charge is 2.08. The SMILES string of the molecule is Clc1ccc(NC/C2=C/c3cc(Cl)ccc3NCOC2)nc1. The van der Waals surface area contributed by atoms with Crippen LogP contribution in [-0.2, 0) is 4.74 Å². The van der Waals surface area contributed by atoms with Crippen LogP contribution in [0.2, 0.25) is 10.0 Å². The summed E-state index contributed by atoms with van der Waals surface area (Å²) in [7, 11) is 0. The summed E-state index contributed by atoms with van der Waals surface area (Å²) in [5.41, 5.74) is 3.17. The molecule has 2 heterocycles. The van der Waals surface area contributed by atoms with E-state index in [4.69, 9.17) is 27.9 Å². The molecule has 0 fully saturated rings. The van der Waals surface area contributed by atoms with Gasteiger partial charge in [-0.2, -0.15) is 0 Å². The van der Waals surface area contributed by atoms with E-state index < -0.39 is 0 Å². The summed E-state index contributed by atoms with van der Waals surface area (Å²) in [6.07, 6.45) is 3.70. The van der Waals surface area contributed by atoms with Crippen LogP contribution >= 0.6 is 23.2 Å². The summed E-state index contributed by atoms with van der Waals surface area (Å²) in [6.45, 7) is 1.64. The molecular weight excluding hydrogens is 321 g/mol. The van der Waals surface area contributed by atoms with E-state index in [9.17, 15) is 0 Å². The molecule has 0 amide bonds. The minimum Gasteiger partial charge on any atom is -0.366 e. The van der Waals surface area contributed by atoms with Crippen LogP contribution < -0.4 is 10.6 Å². The van der Waals surface area contributed by atoms with Gasteiger partial charge >= 0.3 is 0 Å². The van der Waals surface area contributed by atoms with Crippen LogP contribution in [0.1, 0.15) is 5.56 Å². The van der Waals surface area contributed by atoms with Gasteiger partial charge in [-0.3, -0.25) is 0 Å². The summed E-state index contributed by atoms with van der Waals surface area (Å²) >= 11 is 11.9. The summed E-state index contributed by atoms with van der Waals surface area (Å²) in [4.78, 5) is 4.22. The lowest BCUT2D eigenvalue weighted by atomic mass is 10.1. The molecule has 1 aliphatic rings. The van der Waals surface area contributed by atoms with Gasteiger partial charge in [0.2, 0.25) is 0 Å². The number of nitrogens with one attached hydrogen (secondary N) is 2. The summed E-state index contributed by atoms with van der Waals surface area (Å²) < 4.78 is 5.59. The predicted molar refractivity (Wildman–Crippen MR) is 91.6 cm³/mol. The zero-order chi connectivity index (χ0) is 15.4. The molecule has 0 aliphatic carbocycles. The lowest BCUT2D eigenvalue weighted by Crippen LogP contribution is -2.16. The fraction of sp³-hybridized carbons (Fsp3) is 0.188. The first-order chi connectivity index (χ1) is 10.7. The fourth-order valence-corrected chi connectivity index (χ4v) is 2.47. The fourth-order valence-electron chi connectivity index (χ4n) is 2.17. The quantitative estimate of drug-likeness (QED) is 0.878. The van der Waals surface area contributed by atoms with Gasteiger partial charge in [0.1, 0.15) is 12.5 Å². The Labute approximate surface area is 139 Å². The number of anilines is 2. The molecule has 6 heteroatoms. The molecule has 1 aliphatic heterocycles. The highest BCUT2D eigenvalue weighted by atomic mass is 35.5. The molecule has 0 bridgehead atoms. The third-order valence-electron chi connectivity index (χ3n) is 3.25. The number of aromatic nitrogens is 1. The van der Waals surface area contributed by atoms with Crippen LogP contribution in [0.5, 0.6) is 0 Å². The molecule has 4 nitrogen and oxygen atoms in total. The highest BCUT2D eigenvalue weighted by Crippen LogP contribution is 2.24. The van der Waals surface area contributed by atoms with Gasteiger partial charge in [-0.1, -0.05) is 23.2 Å². The van der Waals surface area contributed by atoms with Crippen molar-refractivity contribution < 1.29 is 4.74 Å². The van der Waals surface area contributed by atoms with Gasteiger partial charge in [-0.05, 0) is 47.5 Å². The number of benzene rings is 1. The van der Waals surface area contributed by atoms with Crippen LogP contribution in [0, 0.1) is 0 Å². The molecule has 0 radical (unpaired) electrons. The Morgan fingerprint density at radius 3 is 2.86 bits per heavy atom. The number of fused-ring (bicyclic) bond motifs is 1. The Morgan fingerprint density at radius 1 is 1.18 bits per heavy atom. The zero-order valence-electron chi connectivity index (χ0n) is 11.8. The summed E-state index contributed by atoms with van der Waals surface area (Å²) in [6, 6.07) is 9.40. The van der Waals surface area contributed by atoms with E-state index in [1.165, 1.54) is 0 Å². The van der Waals surface area contributed by atoms with Gasteiger partial charge in [0.25, 0.3) is 0 Å². The van der Waals surface area contributed by atoms with Crippen molar-refractivity contribution in [2.45, 2.75) is 0 Å². The van der Waals surface area contributed by atoms with Gasteiger partial charge in [0.05, 0.1) is 11.6 Å². The molecule has 3 rings (SSSR count). The highest BCUT2D eigenvalue weighted by molar-refractivity contribution is 6.31. The standard InChI is InChI=1S/C16H15Cl2N3O/c17-13-1-3-15-12(6-13)5-11(9-22-10-21-15)7-19-16-4-2-14(18)8-20-16/h1-6,8,21H,7,9-10H2,(H,19,20)/b11-5-. The molecule has 0 saturated heterocycles. The first-order valence-corrected chi connectivity index (χ1v) is 7.62. The number of hydrogen-bond acceptors (Lipinski definition) is 4. The molecule has 0 saturated carbocycles. The van der Waals surface area contributed by atoms with Crippen molar-refractivity contribution in [2.75, 3.05) is 30.5 Å². The molecule has 1 aromatic carbocycles. The molecule has 22 heavy (non-hydrogen) atoms. The predicted octanol–water partition coefficient (Wildman–Crippen LogP) is 4.28. The van der Waals surface area contributed by atoms with Gasteiger partial charge in [-0.15, -0.1) is 0 Å². The maximum Gasteiger partial charge on any atom is 0.126 e. The largest absolute Gasteiger partial charge is 0.366 e.